The molecule has 2 aromatic carbocycles. The van der Waals surface area contributed by atoms with Crippen LogP contribution in [0.25, 0.3) is 0 Å². The van der Waals surface area contributed by atoms with E-state index in [4.69, 9.17) is 0 Å². The maximum absolute atomic E-state index is 12.6. The van der Waals surface area contributed by atoms with E-state index in [1.165, 1.54) is 6.07 Å². The third kappa shape index (κ3) is 6.14. The molecule has 27 heavy (non-hydrogen) atoms. The Morgan fingerprint density at radius 1 is 0.889 bits per heavy atom. The molecule has 0 aromatic heterocycles. The van der Waals surface area contributed by atoms with Crippen molar-refractivity contribution in [2.45, 2.75) is 13.1 Å². The van der Waals surface area contributed by atoms with Crippen molar-refractivity contribution in [2.24, 2.45) is 0 Å². The Hall–Kier alpha value is -3.36. The van der Waals surface area contributed by atoms with Crippen molar-refractivity contribution in [3.8, 4) is 0 Å². The first-order valence-electron chi connectivity index (χ1n) is 7.78. The second-order valence-electron chi connectivity index (χ2n) is 5.63. The molecule has 0 saturated carbocycles. The van der Waals surface area contributed by atoms with Gasteiger partial charge in [-0.25, -0.2) is 0 Å². The molecule has 0 aliphatic rings. The van der Waals surface area contributed by atoms with Crippen LogP contribution in [0.4, 0.5) is 24.5 Å². The van der Waals surface area contributed by atoms with Crippen LogP contribution in [0.2, 0.25) is 0 Å². The number of hydrogen-bond acceptors (Lipinski definition) is 3. The summed E-state index contributed by atoms with van der Waals surface area (Å²) in [5.74, 6) is -2.79. The lowest BCUT2D eigenvalue weighted by atomic mass is 10.2. The van der Waals surface area contributed by atoms with Crippen molar-refractivity contribution in [1.82, 2.24) is 5.32 Å². The van der Waals surface area contributed by atoms with Gasteiger partial charge in [-0.2, -0.15) is 13.2 Å². The zero-order valence-corrected chi connectivity index (χ0v) is 14.2. The minimum Gasteiger partial charge on any atom is -0.339 e. The maximum atomic E-state index is 12.6. The van der Waals surface area contributed by atoms with Gasteiger partial charge in [0, 0.05) is 11.4 Å². The molecule has 2 rings (SSSR count). The van der Waals surface area contributed by atoms with Crippen LogP contribution in [-0.4, -0.2) is 24.3 Å². The van der Waals surface area contributed by atoms with E-state index in [2.05, 4.69) is 16.0 Å². The molecule has 3 N–H and O–H groups in total. The number of hydrogen-bond donors (Lipinski definition) is 3. The highest BCUT2D eigenvalue weighted by Crippen LogP contribution is 2.30. The summed E-state index contributed by atoms with van der Waals surface area (Å²) < 4.78 is 37.9. The lowest BCUT2D eigenvalue weighted by Gasteiger charge is -2.10. The number of halogens is 3. The third-order valence-electron chi connectivity index (χ3n) is 3.40. The fourth-order valence-electron chi connectivity index (χ4n) is 2.04. The van der Waals surface area contributed by atoms with Gasteiger partial charge in [-0.3, -0.25) is 14.4 Å². The van der Waals surface area contributed by atoms with Crippen LogP contribution in [-0.2, 0) is 20.6 Å². The standard InChI is InChI=1S/C18H16F3N3O3/c1-11-5-7-13(8-6-11)24-17(27)16(26)22-10-15(25)23-14-4-2-3-12(9-14)18(19,20)21/h2-9H,10H2,1H3,(H,22,26)(H,23,25)(H,24,27). The molecule has 6 nitrogen and oxygen atoms in total. The van der Waals surface area contributed by atoms with Crippen molar-refractivity contribution in [1.29, 1.82) is 0 Å². The monoisotopic (exact) mass is 379 g/mol. The van der Waals surface area contributed by atoms with E-state index in [0.717, 1.165) is 23.8 Å². The SMILES string of the molecule is Cc1ccc(NC(=O)C(=O)NCC(=O)Nc2cccc(C(F)(F)F)c2)cc1. The number of rotatable bonds is 4. The number of carbonyl (C=O) groups is 3. The summed E-state index contributed by atoms with van der Waals surface area (Å²) >= 11 is 0. The Kier molecular flexibility index (Phi) is 6.17. The lowest BCUT2D eigenvalue weighted by Crippen LogP contribution is -2.39. The summed E-state index contributed by atoms with van der Waals surface area (Å²) in [6.07, 6.45) is -4.54. The molecule has 0 bridgehead atoms. The van der Waals surface area contributed by atoms with Crippen molar-refractivity contribution in [2.75, 3.05) is 17.2 Å². The predicted molar refractivity (Wildman–Crippen MR) is 92.9 cm³/mol. The van der Waals surface area contributed by atoms with Gasteiger partial charge in [0.2, 0.25) is 5.91 Å². The molecule has 0 unspecified atom stereocenters. The normalized spacial score (nSPS) is 10.8. The Labute approximate surface area is 152 Å². The van der Waals surface area contributed by atoms with E-state index < -0.39 is 36.0 Å². The number of nitrogens with one attached hydrogen (secondary N) is 3. The van der Waals surface area contributed by atoms with E-state index in [-0.39, 0.29) is 5.69 Å². The molecule has 0 saturated heterocycles. The zero-order chi connectivity index (χ0) is 20.0. The van der Waals surface area contributed by atoms with E-state index in [1.54, 1.807) is 24.3 Å². The number of amides is 3. The predicted octanol–water partition coefficient (Wildman–Crippen LogP) is 2.71. The van der Waals surface area contributed by atoms with Gasteiger partial charge in [-0.1, -0.05) is 23.8 Å². The fourth-order valence-corrected chi connectivity index (χ4v) is 2.04. The molecule has 0 spiro atoms. The van der Waals surface area contributed by atoms with Crippen LogP contribution in [0.3, 0.4) is 0 Å². The second kappa shape index (κ2) is 8.35. The number of carbonyl (C=O) groups excluding carboxylic acids is 3. The molecular weight excluding hydrogens is 363 g/mol. The van der Waals surface area contributed by atoms with Gasteiger partial charge in [0.25, 0.3) is 0 Å². The molecule has 0 heterocycles. The highest BCUT2D eigenvalue weighted by molar-refractivity contribution is 6.39. The van der Waals surface area contributed by atoms with Gasteiger partial charge in [-0.15, -0.1) is 0 Å². The molecule has 3 amide bonds. The molecule has 0 radical (unpaired) electrons. The Morgan fingerprint density at radius 3 is 2.19 bits per heavy atom. The fraction of sp³-hybridized carbons (Fsp3) is 0.167. The van der Waals surface area contributed by atoms with Crippen LogP contribution in [0, 0.1) is 6.92 Å². The summed E-state index contributed by atoms with van der Waals surface area (Å²) in [4.78, 5) is 35.2. The first-order valence-corrected chi connectivity index (χ1v) is 7.78. The van der Waals surface area contributed by atoms with Gasteiger partial charge in [-0.05, 0) is 37.3 Å². The first kappa shape index (κ1) is 20.0. The van der Waals surface area contributed by atoms with Crippen molar-refractivity contribution < 1.29 is 27.6 Å². The van der Waals surface area contributed by atoms with Gasteiger partial charge >= 0.3 is 18.0 Å². The summed E-state index contributed by atoms with van der Waals surface area (Å²) in [5, 5.41) is 6.67. The maximum Gasteiger partial charge on any atom is 0.416 e. The zero-order valence-electron chi connectivity index (χ0n) is 14.2. The lowest BCUT2D eigenvalue weighted by molar-refractivity contribution is -0.137. The van der Waals surface area contributed by atoms with E-state index in [1.807, 2.05) is 6.92 Å². The van der Waals surface area contributed by atoms with Crippen LogP contribution < -0.4 is 16.0 Å². The summed E-state index contributed by atoms with van der Waals surface area (Å²) in [6.45, 7) is 1.29. The van der Waals surface area contributed by atoms with Gasteiger partial charge in [0.1, 0.15) is 0 Å². The van der Waals surface area contributed by atoms with Crippen LogP contribution >= 0.6 is 0 Å². The highest BCUT2D eigenvalue weighted by atomic mass is 19.4. The van der Waals surface area contributed by atoms with Crippen LogP contribution in [0.1, 0.15) is 11.1 Å². The Bertz CT molecular complexity index is 849. The van der Waals surface area contributed by atoms with Crippen molar-refractivity contribution >= 4 is 29.1 Å². The van der Waals surface area contributed by atoms with Crippen LogP contribution in [0.5, 0.6) is 0 Å². The second-order valence-corrected chi connectivity index (χ2v) is 5.63. The number of anilines is 2. The Morgan fingerprint density at radius 2 is 1.56 bits per heavy atom. The highest BCUT2D eigenvalue weighted by Gasteiger charge is 2.30. The summed E-state index contributed by atoms with van der Waals surface area (Å²) in [7, 11) is 0. The summed E-state index contributed by atoms with van der Waals surface area (Å²) in [6, 6.07) is 10.8. The first-order chi connectivity index (χ1) is 12.6. The average molecular weight is 379 g/mol. The van der Waals surface area contributed by atoms with E-state index in [0.29, 0.717) is 5.69 Å². The van der Waals surface area contributed by atoms with E-state index >= 15 is 0 Å². The van der Waals surface area contributed by atoms with Crippen molar-refractivity contribution in [3.63, 3.8) is 0 Å². The van der Waals surface area contributed by atoms with Gasteiger partial charge in [0.15, 0.2) is 0 Å². The number of aryl methyl sites for hydroxylation is 1. The minimum atomic E-state index is -4.54. The molecule has 0 fully saturated rings. The topological polar surface area (TPSA) is 87.3 Å². The van der Waals surface area contributed by atoms with Gasteiger partial charge in [0.05, 0.1) is 12.1 Å². The molecule has 2 aromatic rings. The minimum absolute atomic E-state index is 0.0758. The quantitative estimate of drug-likeness (QED) is 0.714. The van der Waals surface area contributed by atoms with Gasteiger partial charge < -0.3 is 16.0 Å². The van der Waals surface area contributed by atoms with Crippen molar-refractivity contribution in [3.05, 3.63) is 59.7 Å². The van der Waals surface area contributed by atoms with Crippen LogP contribution in [0.15, 0.2) is 48.5 Å². The third-order valence-corrected chi connectivity index (χ3v) is 3.40. The number of alkyl halides is 3. The average Bonchev–Trinajstić information content (AvgIpc) is 2.61. The molecule has 0 aliphatic carbocycles. The Balaban J connectivity index is 1.85. The smallest absolute Gasteiger partial charge is 0.339 e. The molecule has 0 atom stereocenters. The molecule has 0 aliphatic heterocycles. The molecule has 142 valence electrons. The number of benzene rings is 2. The summed E-state index contributed by atoms with van der Waals surface area (Å²) in [5.41, 5.74) is 0.396. The largest absolute Gasteiger partial charge is 0.416 e. The molecule has 9 heteroatoms. The molecular formula is C18H16F3N3O3. The van der Waals surface area contributed by atoms with E-state index in [9.17, 15) is 27.6 Å².